The molecule has 0 heterocycles. The van der Waals surface area contributed by atoms with Crippen molar-refractivity contribution in [1.82, 2.24) is 0 Å². The van der Waals surface area contributed by atoms with Gasteiger partial charge in [0.15, 0.2) is 5.78 Å². The van der Waals surface area contributed by atoms with E-state index in [-0.39, 0.29) is 16.6 Å². The fourth-order valence-corrected chi connectivity index (χ4v) is 2.64. The molecule has 0 unspecified atom stereocenters. The first-order chi connectivity index (χ1) is 10.1. The smallest absolute Gasteiger partial charge is 0.343 e. The predicted octanol–water partition coefficient (Wildman–Crippen LogP) is 4.41. The maximum Gasteiger partial charge on any atom is 0.343 e. The first kappa shape index (κ1) is 16.5. The number of hydrogen-bond acceptors (Lipinski definition) is 3. The summed E-state index contributed by atoms with van der Waals surface area (Å²) in [6.07, 6.45) is 2.55. The van der Waals surface area contributed by atoms with Crippen molar-refractivity contribution in [3.63, 3.8) is 0 Å². The van der Waals surface area contributed by atoms with Gasteiger partial charge in [0, 0.05) is 18.9 Å². The molecule has 0 aliphatic heterocycles. The van der Waals surface area contributed by atoms with Crippen molar-refractivity contribution in [1.29, 1.82) is 0 Å². The number of rotatable bonds is 2. The Labute approximate surface area is 132 Å². The van der Waals surface area contributed by atoms with Gasteiger partial charge in [-0.15, -0.1) is 0 Å². The summed E-state index contributed by atoms with van der Waals surface area (Å²) in [7, 11) is 0. The molecular formula is C19H24O3. The number of ketones is 1. The summed E-state index contributed by atoms with van der Waals surface area (Å²) in [5, 5.41) is 0. The second kappa shape index (κ2) is 5.71. The Kier molecular flexibility index (Phi) is 4.28. The molecule has 0 atom stereocenters. The van der Waals surface area contributed by atoms with Crippen LogP contribution in [0.15, 0.2) is 36.1 Å². The molecule has 1 aliphatic carbocycles. The van der Waals surface area contributed by atoms with E-state index in [0.717, 1.165) is 5.56 Å². The molecular weight excluding hydrogens is 276 g/mol. The van der Waals surface area contributed by atoms with Crippen LogP contribution in [0.25, 0.3) is 0 Å². The third-order valence-corrected chi connectivity index (χ3v) is 3.84. The van der Waals surface area contributed by atoms with Crippen LogP contribution in [0.5, 0.6) is 0 Å². The van der Waals surface area contributed by atoms with E-state index in [1.807, 2.05) is 26.0 Å². The number of carbonyl (C=O) groups is 2. The van der Waals surface area contributed by atoms with Crippen LogP contribution in [0.4, 0.5) is 0 Å². The van der Waals surface area contributed by atoms with E-state index in [1.54, 1.807) is 12.1 Å². The molecule has 1 aromatic carbocycles. The molecule has 2 rings (SSSR count). The number of esters is 1. The Hall–Kier alpha value is -1.90. The quantitative estimate of drug-likeness (QED) is 0.760. The van der Waals surface area contributed by atoms with Gasteiger partial charge in [0.05, 0.1) is 5.56 Å². The van der Waals surface area contributed by atoms with Crippen molar-refractivity contribution < 1.29 is 14.3 Å². The normalized spacial score (nSPS) is 17.9. The minimum Gasteiger partial charge on any atom is -0.427 e. The highest BCUT2D eigenvalue weighted by molar-refractivity contribution is 5.94. The lowest BCUT2D eigenvalue weighted by Gasteiger charge is -2.27. The van der Waals surface area contributed by atoms with Gasteiger partial charge in [0.2, 0.25) is 0 Å². The highest BCUT2D eigenvalue weighted by Gasteiger charge is 2.29. The molecule has 3 heteroatoms. The van der Waals surface area contributed by atoms with E-state index >= 15 is 0 Å². The number of carbonyl (C=O) groups excluding carboxylic acids is 2. The standard InChI is InChI=1S/C19H24O3/c1-18(2,3)14-8-6-13(7-9-14)17(21)22-16-10-15(20)11-19(4,5)12-16/h6-10H,11-12H2,1-5H3. The first-order valence-electron chi connectivity index (χ1n) is 7.63. The van der Waals surface area contributed by atoms with Gasteiger partial charge in [0.25, 0.3) is 0 Å². The molecule has 0 aromatic heterocycles. The second-order valence-corrected chi connectivity index (χ2v) is 7.81. The number of benzene rings is 1. The van der Waals surface area contributed by atoms with Crippen molar-refractivity contribution in [2.24, 2.45) is 5.41 Å². The highest BCUT2D eigenvalue weighted by Crippen LogP contribution is 2.34. The molecule has 22 heavy (non-hydrogen) atoms. The second-order valence-electron chi connectivity index (χ2n) is 7.81. The summed E-state index contributed by atoms with van der Waals surface area (Å²) in [5.41, 5.74) is 1.56. The lowest BCUT2D eigenvalue weighted by Crippen LogP contribution is -2.23. The predicted molar refractivity (Wildman–Crippen MR) is 86.7 cm³/mol. The van der Waals surface area contributed by atoms with Crippen LogP contribution >= 0.6 is 0 Å². The molecule has 0 bridgehead atoms. The average molecular weight is 300 g/mol. The van der Waals surface area contributed by atoms with Gasteiger partial charge in [-0.2, -0.15) is 0 Å². The molecule has 0 fully saturated rings. The minimum atomic E-state index is -0.405. The van der Waals surface area contributed by atoms with E-state index in [4.69, 9.17) is 4.74 Å². The van der Waals surface area contributed by atoms with Gasteiger partial charge in [-0.3, -0.25) is 4.79 Å². The molecule has 1 aliphatic rings. The highest BCUT2D eigenvalue weighted by atomic mass is 16.5. The third kappa shape index (κ3) is 4.06. The molecule has 0 saturated heterocycles. The van der Waals surface area contributed by atoms with Crippen molar-refractivity contribution in [2.45, 2.75) is 52.9 Å². The van der Waals surface area contributed by atoms with E-state index in [9.17, 15) is 9.59 Å². The molecule has 1 aromatic rings. The topological polar surface area (TPSA) is 43.4 Å². The number of hydrogen-bond donors (Lipinski definition) is 0. The maximum atomic E-state index is 12.2. The minimum absolute atomic E-state index is 0.0159. The number of allylic oxidation sites excluding steroid dienone is 2. The summed E-state index contributed by atoms with van der Waals surface area (Å²) < 4.78 is 5.41. The Morgan fingerprint density at radius 3 is 2.18 bits per heavy atom. The van der Waals surface area contributed by atoms with E-state index in [2.05, 4.69) is 20.8 Å². The van der Waals surface area contributed by atoms with Crippen LogP contribution in [0, 0.1) is 5.41 Å². The van der Waals surface area contributed by atoms with Gasteiger partial charge < -0.3 is 4.74 Å². The van der Waals surface area contributed by atoms with Crippen molar-refractivity contribution in [2.75, 3.05) is 0 Å². The lowest BCUT2D eigenvalue weighted by atomic mass is 9.79. The zero-order valence-electron chi connectivity index (χ0n) is 14.0. The maximum absolute atomic E-state index is 12.2. The molecule has 0 radical (unpaired) electrons. The van der Waals surface area contributed by atoms with Crippen LogP contribution in [-0.4, -0.2) is 11.8 Å². The van der Waals surface area contributed by atoms with Crippen LogP contribution in [0.1, 0.15) is 63.4 Å². The lowest BCUT2D eigenvalue weighted by molar-refractivity contribution is -0.117. The molecule has 118 valence electrons. The zero-order chi connectivity index (χ0) is 16.5. The van der Waals surface area contributed by atoms with E-state index in [1.165, 1.54) is 6.08 Å². The zero-order valence-corrected chi connectivity index (χ0v) is 14.0. The molecule has 0 N–H and O–H groups in total. The molecule has 0 saturated carbocycles. The van der Waals surface area contributed by atoms with Crippen LogP contribution < -0.4 is 0 Å². The summed E-state index contributed by atoms with van der Waals surface area (Å²) in [6.45, 7) is 10.4. The summed E-state index contributed by atoms with van der Waals surface area (Å²) >= 11 is 0. The summed E-state index contributed by atoms with van der Waals surface area (Å²) in [4.78, 5) is 23.9. The fraction of sp³-hybridized carbons (Fsp3) is 0.474. The third-order valence-electron chi connectivity index (χ3n) is 3.84. The largest absolute Gasteiger partial charge is 0.427 e. The van der Waals surface area contributed by atoms with Gasteiger partial charge in [0.1, 0.15) is 5.76 Å². The van der Waals surface area contributed by atoms with E-state index in [0.29, 0.717) is 24.2 Å². The van der Waals surface area contributed by atoms with Gasteiger partial charge in [-0.05, 0) is 28.5 Å². The van der Waals surface area contributed by atoms with Crippen molar-refractivity contribution >= 4 is 11.8 Å². The van der Waals surface area contributed by atoms with Crippen molar-refractivity contribution in [3.8, 4) is 0 Å². The fourth-order valence-electron chi connectivity index (χ4n) is 2.64. The number of ether oxygens (including phenoxy) is 1. The van der Waals surface area contributed by atoms with Crippen LogP contribution in [-0.2, 0) is 14.9 Å². The van der Waals surface area contributed by atoms with Crippen LogP contribution in [0.3, 0.4) is 0 Å². The van der Waals surface area contributed by atoms with Gasteiger partial charge >= 0.3 is 5.97 Å². The molecule has 3 nitrogen and oxygen atoms in total. The van der Waals surface area contributed by atoms with Crippen molar-refractivity contribution in [3.05, 3.63) is 47.2 Å². The SMILES string of the molecule is CC1(C)CC(=O)C=C(OC(=O)c2ccc(C(C)(C)C)cc2)C1. The Morgan fingerprint density at radius 1 is 1.09 bits per heavy atom. The van der Waals surface area contributed by atoms with E-state index < -0.39 is 5.97 Å². The average Bonchev–Trinajstić information content (AvgIpc) is 2.35. The Balaban J connectivity index is 2.11. The summed E-state index contributed by atoms with van der Waals surface area (Å²) in [6, 6.07) is 7.44. The van der Waals surface area contributed by atoms with Gasteiger partial charge in [-0.1, -0.05) is 46.8 Å². The monoisotopic (exact) mass is 300 g/mol. The summed E-state index contributed by atoms with van der Waals surface area (Å²) in [5.74, 6) is 0.0745. The molecule has 0 amide bonds. The van der Waals surface area contributed by atoms with Crippen LogP contribution in [0.2, 0.25) is 0 Å². The Morgan fingerprint density at radius 2 is 1.68 bits per heavy atom. The van der Waals surface area contributed by atoms with Gasteiger partial charge in [-0.25, -0.2) is 4.79 Å². The molecule has 0 spiro atoms. The first-order valence-corrected chi connectivity index (χ1v) is 7.63. The Bertz CT molecular complexity index is 613.